The number of anilines is 2. The van der Waals surface area contributed by atoms with Crippen LogP contribution < -0.4 is 11.1 Å². The van der Waals surface area contributed by atoms with Gasteiger partial charge in [-0.3, -0.25) is 4.79 Å². The molecule has 2 aromatic carbocycles. The van der Waals surface area contributed by atoms with E-state index in [1.54, 1.807) is 0 Å². The number of nitriles is 2. The lowest BCUT2D eigenvalue weighted by atomic mass is 9.96. The second kappa shape index (κ2) is 10.7. The number of carbonyl (C=O) groups is 1. The largest absolute Gasteiger partial charge is 0.383 e. The van der Waals surface area contributed by atoms with Crippen molar-refractivity contribution in [1.82, 2.24) is 4.98 Å². The molecule has 1 heterocycles. The molecule has 0 bridgehead atoms. The highest BCUT2D eigenvalue weighted by Gasteiger charge is 2.20. The fourth-order valence-corrected chi connectivity index (χ4v) is 4.26. The van der Waals surface area contributed by atoms with Crippen molar-refractivity contribution < 1.29 is 4.79 Å². The average molecular weight is 456 g/mol. The number of hydrogen-bond donors (Lipinski definition) is 2. The zero-order valence-corrected chi connectivity index (χ0v) is 19.7. The van der Waals surface area contributed by atoms with Crippen molar-refractivity contribution in [2.24, 2.45) is 0 Å². The summed E-state index contributed by atoms with van der Waals surface area (Å²) in [4.78, 5) is 16.7. The highest BCUT2D eigenvalue weighted by Crippen LogP contribution is 2.35. The van der Waals surface area contributed by atoms with Gasteiger partial charge in [-0.1, -0.05) is 55.8 Å². The first kappa shape index (κ1) is 23.8. The Balaban J connectivity index is 1.76. The topological polar surface area (TPSA) is 116 Å². The van der Waals surface area contributed by atoms with Crippen LogP contribution in [0.2, 0.25) is 0 Å². The van der Waals surface area contributed by atoms with Crippen LogP contribution in [0.1, 0.15) is 48.4 Å². The average Bonchev–Trinajstić information content (AvgIpc) is 2.79. The van der Waals surface area contributed by atoms with Crippen LogP contribution in [0.15, 0.2) is 53.6 Å². The Hall–Kier alpha value is -3.81. The molecule has 0 atom stereocenters. The monoisotopic (exact) mass is 455 g/mol. The van der Waals surface area contributed by atoms with Crippen LogP contribution in [0.5, 0.6) is 0 Å². The van der Waals surface area contributed by atoms with Gasteiger partial charge in [0, 0.05) is 23.4 Å². The zero-order chi connectivity index (χ0) is 24.0. The zero-order valence-electron chi connectivity index (χ0n) is 18.8. The molecule has 0 aliphatic heterocycles. The number of nitrogens with one attached hydrogen (secondary N) is 1. The smallest absolute Gasteiger partial charge is 0.225 e. The summed E-state index contributed by atoms with van der Waals surface area (Å²) in [5, 5.41) is 22.8. The minimum atomic E-state index is -0.126. The number of rotatable bonds is 7. The molecule has 7 heteroatoms. The van der Waals surface area contributed by atoms with E-state index in [2.05, 4.69) is 36.3 Å². The number of benzene rings is 2. The number of nitrogen functional groups attached to an aromatic ring is 1. The number of hydrogen-bond acceptors (Lipinski definition) is 6. The van der Waals surface area contributed by atoms with E-state index in [1.165, 1.54) is 17.3 Å². The molecule has 0 aliphatic carbocycles. The lowest BCUT2D eigenvalue weighted by Crippen LogP contribution is -2.12. The second-order valence-corrected chi connectivity index (χ2v) is 9.02. The predicted octanol–water partition coefficient (Wildman–Crippen LogP) is 5.63. The fraction of sp³-hybridized carbons (Fsp3) is 0.231. The van der Waals surface area contributed by atoms with E-state index in [1.807, 2.05) is 55.5 Å². The summed E-state index contributed by atoms with van der Waals surface area (Å²) in [6, 6.07) is 19.6. The summed E-state index contributed by atoms with van der Waals surface area (Å²) in [7, 11) is 0. The Bertz CT molecular complexity index is 1240. The minimum absolute atomic E-state index is 0.0734. The number of aromatic nitrogens is 1. The molecule has 6 nitrogen and oxygen atoms in total. The molecule has 0 aliphatic rings. The quantitative estimate of drug-likeness (QED) is 0.446. The third-order valence-corrected chi connectivity index (χ3v) is 6.16. The molecule has 0 unspecified atom stereocenters. The number of aryl methyl sites for hydroxylation is 1. The van der Waals surface area contributed by atoms with Gasteiger partial charge in [0.2, 0.25) is 5.91 Å². The first-order valence-corrected chi connectivity index (χ1v) is 11.6. The summed E-state index contributed by atoms with van der Waals surface area (Å²) in [5.74, 6) is 0.789. The summed E-state index contributed by atoms with van der Waals surface area (Å²) >= 11 is 1.28. The number of amides is 1. The summed E-state index contributed by atoms with van der Waals surface area (Å²) in [5.41, 5.74) is 10.8. The molecule has 166 valence electrons. The first-order valence-electron chi connectivity index (χ1n) is 10.6. The van der Waals surface area contributed by atoms with Gasteiger partial charge in [-0.25, -0.2) is 4.98 Å². The number of nitrogens with zero attached hydrogens (tertiary/aromatic N) is 3. The molecule has 1 aromatic heterocycles. The highest BCUT2D eigenvalue weighted by atomic mass is 32.2. The van der Waals surface area contributed by atoms with Crippen LogP contribution in [0.3, 0.4) is 0 Å². The van der Waals surface area contributed by atoms with Gasteiger partial charge in [-0.2, -0.15) is 10.5 Å². The minimum Gasteiger partial charge on any atom is -0.383 e. The Morgan fingerprint density at radius 1 is 1.06 bits per heavy atom. The Kier molecular flexibility index (Phi) is 7.71. The van der Waals surface area contributed by atoms with E-state index in [0.717, 1.165) is 16.8 Å². The lowest BCUT2D eigenvalue weighted by Gasteiger charge is -2.13. The van der Waals surface area contributed by atoms with Crippen LogP contribution in [0, 0.1) is 29.6 Å². The molecule has 3 aromatic rings. The van der Waals surface area contributed by atoms with Crippen molar-refractivity contribution in [1.29, 1.82) is 10.5 Å². The maximum absolute atomic E-state index is 12.4. The van der Waals surface area contributed by atoms with Gasteiger partial charge in [-0.05, 0) is 36.1 Å². The third kappa shape index (κ3) is 5.71. The van der Waals surface area contributed by atoms with Gasteiger partial charge in [0.25, 0.3) is 0 Å². The second-order valence-electron chi connectivity index (χ2n) is 7.94. The summed E-state index contributed by atoms with van der Waals surface area (Å²) in [6.07, 6.45) is 0.239. The van der Waals surface area contributed by atoms with Gasteiger partial charge >= 0.3 is 0 Å². The van der Waals surface area contributed by atoms with Gasteiger partial charge in [0.05, 0.1) is 5.56 Å². The molecule has 0 fully saturated rings. The standard InChI is InChI=1S/C26H25N5OS/c1-16(2)18-8-10-20(11-9-18)30-23(32)12-13-33-26-22(15-28)24(21(14-27)25(29)31-26)19-6-4-17(3)5-7-19/h4-11,16H,12-13H2,1-3H3,(H2,29,31)(H,30,32). The van der Waals surface area contributed by atoms with E-state index in [9.17, 15) is 15.3 Å². The van der Waals surface area contributed by atoms with Gasteiger partial charge in [0.1, 0.15) is 28.5 Å². The first-order chi connectivity index (χ1) is 15.8. The van der Waals surface area contributed by atoms with E-state index >= 15 is 0 Å². The molecule has 3 rings (SSSR count). The Labute approximate surface area is 198 Å². The molecular formula is C26H25N5OS. The van der Waals surface area contributed by atoms with E-state index < -0.39 is 0 Å². The van der Waals surface area contributed by atoms with Crippen molar-refractivity contribution in [2.45, 2.75) is 38.1 Å². The van der Waals surface area contributed by atoms with Gasteiger partial charge in [-0.15, -0.1) is 11.8 Å². The van der Waals surface area contributed by atoms with E-state index in [0.29, 0.717) is 27.8 Å². The summed E-state index contributed by atoms with van der Waals surface area (Å²) in [6.45, 7) is 6.20. The van der Waals surface area contributed by atoms with Crippen LogP contribution >= 0.6 is 11.8 Å². The maximum atomic E-state index is 12.4. The molecular weight excluding hydrogens is 430 g/mol. The van der Waals surface area contributed by atoms with Crippen molar-refractivity contribution in [3.63, 3.8) is 0 Å². The van der Waals surface area contributed by atoms with Crippen LogP contribution in [-0.2, 0) is 4.79 Å². The van der Waals surface area contributed by atoms with Crippen LogP contribution in [0.25, 0.3) is 11.1 Å². The normalized spacial score (nSPS) is 10.5. The molecule has 0 spiro atoms. The maximum Gasteiger partial charge on any atom is 0.225 e. The lowest BCUT2D eigenvalue weighted by molar-refractivity contribution is -0.115. The number of thioether (sulfide) groups is 1. The molecule has 0 saturated carbocycles. The van der Waals surface area contributed by atoms with Crippen molar-refractivity contribution in [3.8, 4) is 23.3 Å². The van der Waals surface area contributed by atoms with Gasteiger partial charge in [0.15, 0.2) is 0 Å². The van der Waals surface area contributed by atoms with Crippen molar-refractivity contribution in [3.05, 3.63) is 70.8 Å². The number of pyridine rings is 1. The molecule has 1 amide bonds. The number of carbonyl (C=O) groups excluding carboxylic acids is 1. The highest BCUT2D eigenvalue weighted by molar-refractivity contribution is 7.99. The molecule has 33 heavy (non-hydrogen) atoms. The number of nitrogens with two attached hydrogens (primary N) is 1. The molecule has 0 saturated heterocycles. The van der Waals surface area contributed by atoms with Crippen LogP contribution in [0.4, 0.5) is 11.5 Å². The summed E-state index contributed by atoms with van der Waals surface area (Å²) < 4.78 is 0. The van der Waals surface area contributed by atoms with Crippen LogP contribution in [-0.4, -0.2) is 16.6 Å². The Morgan fingerprint density at radius 2 is 1.70 bits per heavy atom. The fourth-order valence-electron chi connectivity index (χ4n) is 3.33. The van der Waals surface area contributed by atoms with E-state index in [-0.39, 0.29) is 23.7 Å². The third-order valence-electron chi connectivity index (χ3n) is 5.18. The van der Waals surface area contributed by atoms with Crippen molar-refractivity contribution >= 4 is 29.2 Å². The SMILES string of the molecule is Cc1ccc(-c2c(C#N)c(N)nc(SCCC(=O)Nc3ccc(C(C)C)cc3)c2C#N)cc1. The van der Waals surface area contributed by atoms with E-state index in [4.69, 9.17) is 5.73 Å². The molecule has 0 radical (unpaired) electrons. The van der Waals surface area contributed by atoms with Gasteiger partial charge < -0.3 is 11.1 Å². The predicted molar refractivity (Wildman–Crippen MR) is 133 cm³/mol. The molecule has 3 N–H and O–H groups in total. The van der Waals surface area contributed by atoms with Crippen molar-refractivity contribution in [2.75, 3.05) is 16.8 Å². The Morgan fingerprint density at radius 3 is 2.27 bits per heavy atom.